The Balaban J connectivity index is 1.39. The van der Waals surface area contributed by atoms with Crippen LogP contribution in [0.5, 0.6) is 0 Å². The lowest BCUT2D eigenvalue weighted by molar-refractivity contribution is -0.117. The van der Waals surface area contributed by atoms with Crippen molar-refractivity contribution in [1.82, 2.24) is 25.3 Å². The fraction of sp³-hybridized carbons (Fsp3) is 0.538. The van der Waals surface area contributed by atoms with Crippen molar-refractivity contribution in [3.8, 4) is 0 Å². The number of carbonyl (C=O) groups excluding carboxylic acids is 2. The Morgan fingerprint density at radius 1 is 0.971 bits per heavy atom. The van der Waals surface area contributed by atoms with Crippen LogP contribution in [0.4, 0.5) is 11.5 Å². The second-order valence-corrected chi connectivity index (χ2v) is 9.72. The van der Waals surface area contributed by atoms with E-state index in [1.54, 1.807) is 11.0 Å². The number of likely N-dealkylation sites (tertiary alicyclic amines) is 1. The molecule has 1 atom stereocenters. The van der Waals surface area contributed by atoms with Crippen molar-refractivity contribution in [2.75, 3.05) is 62.6 Å². The van der Waals surface area contributed by atoms with E-state index in [4.69, 9.17) is 0 Å². The van der Waals surface area contributed by atoms with E-state index in [9.17, 15) is 9.59 Å². The molecule has 3 fully saturated rings. The number of anilines is 2. The highest BCUT2D eigenvalue weighted by Crippen LogP contribution is 2.32. The first-order valence-corrected chi connectivity index (χ1v) is 12.9. The molecule has 2 amide bonds. The maximum absolute atomic E-state index is 13.1. The first-order valence-electron chi connectivity index (χ1n) is 12.9. The SMILES string of the molecule is O=C(CN1CCCC1)Nc1cc(C(=O)N2CCNCC2)nnc1N1CCCC1Cc1ccccc1. The molecule has 9 heteroatoms. The van der Waals surface area contributed by atoms with Crippen molar-refractivity contribution in [2.24, 2.45) is 0 Å². The summed E-state index contributed by atoms with van der Waals surface area (Å²) >= 11 is 0. The largest absolute Gasteiger partial charge is 0.350 e. The second-order valence-electron chi connectivity index (χ2n) is 9.72. The van der Waals surface area contributed by atoms with Crippen LogP contribution in [-0.4, -0.2) is 90.2 Å². The summed E-state index contributed by atoms with van der Waals surface area (Å²) < 4.78 is 0. The number of piperazine rings is 1. The predicted octanol–water partition coefficient (Wildman–Crippen LogP) is 1.77. The van der Waals surface area contributed by atoms with Gasteiger partial charge in [0, 0.05) is 38.8 Å². The molecule has 9 nitrogen and oxygen atoms in total. The zero-order valence-corrected chi connectivity index (χ0v) is 20.3. The Hall–Kier alpha value is -3.04. The van der Waals surface area contributed by atoms with Crippen LogP contribution in [0.2, 0.25) is 0 Å². The van der Waals surface area contributed by atoms with Gasteiger partial charge in [-0.1, -0.05) is 30.3 Å². The van der Waals surface area contributed by atoms with Crippen LogP contribution in [0.25, 0.3) is 0 Å². The zero-order valence-electron chi connectivity index (χ0n) is 20.3. The molecule has 2 aromatic rings. The molecular weight excluding hydrogens is 442 g/mol. The summed E-state index contributed by atoms with van der Waals surface area (Å²) in [7, 11) is 0. The Bertz CT molecular complexity index is 1020. The number of benzene rings is 1. The minimum Gasteiger partial charge on any atom is -0.350 e. The molecule has 1 aromatic heterocycles. The number of aromatic nitrogens is 2. The first-order chi connectivity index (χ1) is 17.2. The van der Waals surface area contributed by atoms with Gasteiger partial charge in [-0.25, -0.2) is 0 Å². The molecule has 5 rings (SSSR count). The number of hydrogen-bond acceptors (Lipinski definition) is 7. The van der Waals surface area contributed by atoms with Gasteiger partial charge in [0.1, 0.15) is 0 Å². The molecule has 0 aliphatic carbocycles. The summed E-state index contributed by atoms with van der Waals surface area (Å²) in [6.45, 7) is 5.94. The quantitative estimate of drug-likeness (QED) is 0.628. The summed E-state index contributed by atoms with van der Waals surface area (Å²) in [5.41, 5.74) is 2.15. The third-order valence-electron chi connectivity index (χ3n) is 7.20. The van der Waals surface area contributed by atoms with Crippen molar-refractivity contribution in [3.05, 3.63) is 47.7 Å². The highest BCUT2D eigenvalue weighted by atomic mass is 16.2. The molecular formula is C26H35N7O2. The molecule has 1 aromatic carbocycles. The van der Waals surface area contributed by atoms with E-state index < -0.39 is 0 Å². The first kappa shape index (κ1) is 23.7. The number of carbonyl (C=O) groups is 2. The maximum Gasteiger partial charge on any atom is 0.274 e. The highest BCUT2D eigenvalue weighted by molar-refractivity contribution is 5.98. The van der Waals surface area contributed by atoms with Gasteiger partial charge in [-0.3, -0.25) is 14.5 Å². The normalized spacial score (nSPS) is 20.9. The van der Waals surface area contributed by atoms with E-state index in [1.165, 1.54) is 5.56 Å². The van der Waals surface area contributed by atoms with Gasteiger partial charge < -0.3 is 20.4 Å². The maximum atomic E-state index is 13.1. The van der Waals surface area contributed by atoms with Crippen molar-refractivity contribution in [2.45, 2.75) is 38.1 Å². The minimum atomic E-state index is -0.136. The molecule has 0 spiro atoms. The molecule has 2 N–H and O–H groups in total. The Labute approximate surface area is 206 Å². The molecule has 4 heterocycles. The van der Waals surface area contributed by atoms with Crippen LogP contribution in [-0.2, 0) is 11.2 Å². The van der Waals surface area contributed by atoms with Gasteiger partial charge in [-0.15, -0.1) is 10.2 Å². The smallest absolute Gasteiger partial charge is 0.274 e. The van der Waals surface area contributed by atoms with E-state index in [1.807, 2.05) is 6.07 Å². The van der Waals surface area contributed by atoms with Gasteiger partial charge in [-0.05, 0) is 56.8 Å². The molecule has 0 saturated carbocycles. The topological polar surface area (TPSA) is 93.7 Å². The molecule has 3 aliphatic rings. The summed E-state index contributed by atoms with van der Waals surface area (Å²) in [6, 6.07) is 12.5. The monoisotopic (exact) mass is 477 g/mol. The van der Waals surface area contributed by atoms with E-state index in [2.05, 4.69) is 54.9 Å². The van der Waals surface area contributed by atoms with E-state index in [0.717, 1.165) is 64.8 Å². The van der Waals surface area contributed by atoms with Crippen LogP contribution in [0.3, 0.4) is 0 Å². The number of rotatable bonds is 7. The predicted molar refractivity (Wildman–Crippen MR) is 136 cm³/mol. The van der Waals surface area contributed by atoms with Crippen molar-refractivity contribution in [1.29, 1.82) is 0 Å². The van der Waals surface area contributed by atoms with Crippen LogP contribution in [0.15, 0.2) is 36.4 Å². The number of nitrogens with one attached hydrogen (secondary N) is 2. The summed E-state index contributed by atoms with van der Waals surface area (Å²) in [5, 5.41) is 15.2. The van der Waals surface area contributed by atoms with E-state index in [0.29, 0.717) is 31.1 Å². The second kappa shape index (κ2) is 11.1. The average Bonchev–Trinajstić information content (AvgIpc) is 3.57. The fourth-order valence-electron chi connectivity index (χ4n) is 5.37. The van der Waals surface area contributed by atoms with E-state index in [-0.39, 0.29) is 23.6 Å². The number of hydrogen-bond donors (Lipinski definition) is 2. The Kier molecular flexibility index (Phi) is 7.54. The molecule has 3 aliphatic heterocycles. The summed E-state index contributed by atoms with van der Waals surface area (Å²) in [4.78, 5) is 32.3. The molecule has 0 radical (unpaired) electrons. The van der Waals surface area contributed by atoms with Gasteiger partial charge >= 0.3 is 0 Å². The lowest BCUT2D eigenvalue weighted by Gasteiger charge is -2.29. The van der Waals surface area contributed by atoms with Gasteiger partial charge in [0.2, 0.25) is 5.91 Å². The summed E-state index contributed by atoms with van der Waals surface area (Å²) in [6.07, 6.45) is 5.29. The Morgan fingerprint density at radius 2 is 1.74 bits per heavy atom. The minimum absolute atomic E-state index is 0.0690. The van der Waals surface area contributed by atoms with Crippen LogP contribution in [0, 0.1) is 0 Å². The van der Waals surface area contributed by atoms with Gasteiger partial charge in [0.15, 0.2) is 11.5 Å². The molecule has 35 heavy (non-hydrogen) atoms. The van der Waals surface area contributed by atoms with Crippen LogP contribution in [0.1, 0.15) is 41.7 Å². The van der Waals surface area contributed by atoms with Gasteiger partial charge in [0.05, 0.1) is 12.2 Å². The standard InChI is InChI=1S/C26H35N7O2/c34-24(19-31-12-4-5-13-31)28-22-18-23(26(35)32-15-10-27-11-16-32)29-30-25(22)33-14-6-9-21(33)17-20-7-2-1-3-8-20/h1-3,7-8,18,21,27H,4-6,9-17,19H2,(H,28,29,34). The van der Waals surface area contributed by atoms with Crippen molar-refractivity contribution in [3.63, 3.8) is 0 Å². The zero-order chi connectivity index (χ0) is 24.0. The third-order valence-corrected chi connectivity index (χ3v) is 7.20. The van der Waals surface area contributed by atoms with Gasteiger partial charge in [-0.2, -0.15) is 0 Å². The average molecular weight is 478 g/mol. The Morgan fingerprint density at radius 3 is 2.51 bits per heavy atom. The summed E-state index contributed by atoms with van der Waals surface area (Å²) in [5.74, 6) is 0.457. The molecule has 1 unspecified atom stereocenters. The number of nitrogens with zero attached hydrogens (tertiary/aromatic N) is 5. The van der Waals surface area contributed by atoms with Crippen molar-refractivity contribution >= 4 is 23.3 Å². The lowest BCUT2D eigenvalue weighted by atomic mass is 10.0. The fourth-order valence-corrected chi connectivity index (χ4v) is 5.37. The lowest BCUT2D eigenvalue weighted by Crippen LogP contribution is -2.46. The van der Waals surface area contributed by atoms with Crippen LogP contribution < -0.4 is 15.5 Å². The van der Waals surface area contributed by atoms with Gasteiger partial charge in [0.25, 0.3) is 5.91 Å². The number of amides is 2. The highest BCUT2D eigenvalue weighted by Gasteiger charge is 2.30. The third kappa shape index (κ3) is 5.79. The van der Waals surface area contributed by atoms with Crippen LogP contribution >= 0.6 is 0 Å². The molecule has 0 bridgehead atoms. The van der Waals surface area contributed by atoms with E-state index >= 15 is 0 Å². The molecule has 186 valence electrons. The van der Waals surface area contributed by atoms with Crippen molar-refractivity contribution < 1.29 is 9.59 Å². The molecule has 3 saturated heterocycles.